The Labute approximate surface area is 135 Å². The Bertz CT molecular complexity index is 381. The molecule has 2 aliphatic heterocycles. The standard InChI is InChI=1S/C16H32N2O3Si/c1-5-14(21-22(6-2,7-3)8-4)15-13-10-9-12(11-17-15)18(13)16(19)20/h12-15,17H,5-11H2,1-4H3,(H,19,20)/t12-,13+,14?,15+/m1/s1. The van der Waals surface area contributed by atoms with E-state index in [1.165, 1.54) is 0 Å². The van der Waals surface area contributed by atoms with Crippen molar-refractivity contribution in [2.24, 2.45) is 0 Å². The Morgan fingerprint density at radius 3 is 2.41 bits per heavy atom. The second-order valence-electron chi connectivity index (χ2n) is 6.73. The number of carboxylic acid groups (broad SMARTS) is 1. The largest absolute Gasteiger partial charge is 0.465 e. The summed E-state index contributed by atoms with van der Waals surface area (Å²) in [4.78, 5) is 13.3. The summed E-state index contributed by atoms with van der Waals surface area (Å²) in [6.07, 6.45) is 2.26. The van der Waals surface area contributed by atoms with Crippen LogP contribution in [0.2, 0.25) is 18.1 Å². The van der Waals surface area contributed by atoms with E-state index in [1.807, 2.05) is 0 Å². The van der Waals surface area contributed by atoms with Crippen LogP contribution in [0.1, 0.15) is 47.0 Å². The molecule has 0 spiro atoms. The second kappa shape index (κ2) is 7.32. The van der Waals surface area contributed by atoms with E-state index in [9.17, 15) is 9.90 Å². The molecule has 0 aromatic carbocycles. The van der Waals surface area contributed by atoms with Crippen LogP contribution in [0.4, 0.5) is 4.79 Å². The van der Waals surface area contributed by atoms with Gasteiger partial charge < -0.3 is 14.8 Å². The molecule has 128 valence electrons. The van der Waals surface area contributed by atoms with Crippen LogP contribution < -0.4 is 5.32 Å². The number of rotatable bonds is 7. The summed E-state index contributed by atoms with van der Waals surface area (Å²) in [7, 11) is -1.67. The van der Waals surface area contributed by atoms with Crippen molar-refractivity contribution in [2.75, 3.05) is 6.54 Å². The van der Waals surface area contributed by atoms with Crippen molar-refractivity contribution >= 4 is 14.4 Å². The second-order valence-corrected chi connectivity index (χ2v) is 11.5. The zero-order chi connectivity index (χ0) is 16.3. The van der Waals surface area contributed by atoms with Gasteiger partial charge in [0, 0.05) is 12.6 Å². The molecule has 6 heteroatoms. The molecule has 22 heavy (non-hydrogen) atoms. The number of hydrogen-bond acceptors (Lipinski definition) is 3. The quantitative estimate of drug-likeness (QED) is 0.704. The third-order valence-corrected chi connectivity index (χ3v) is 10.6. The number of amides is 1. The highest BCUT2D eigenvalue weighted by molar-refractivity contribution is 6.73. The average molecular weight is 329 g/mol. The van der Waals surface area contributed by atoms with E-state index in [2.05, 4.69) is 33.0 Å². The lowest BCUT2D eigenvalue weighted by atomic mass is 9.98. The molecular formula is C16H32N2O3Si. The molecule has 2 saturated heterocycles. The summed E-state index contributed by atoms with van der Waals surface area (Å²) in [6, 6.07) is 3.80. The smallest absolute Gasteiger partial charge is 0.407 e. The van der Waals surface area contributed by atoms with E-state index in [1.54, 1.807) is 4.90 Å². The summed E-state index contributed by atoms with van der Waals surface area (Å²) in [5.41, 5.74) is 0. The molecule has 2 aliphatic rings. The van der Waals surface area contributed by atoms with Crippen LogP contribution in [-0.4, -0.2) is 55.2 Å². The van der Waals surface area contributed by atoms with Crippen LogP contribution in [0.5, 0.6) is 0 Å². The fourth-order valence-corrected chi connectivity index (χ4v) is 7.24. The number of nitrogens with zero attached hydrogens (tertiary/aromatic N) is 1. The van der Waals surface area contributed by atoms with Gasteiger partial charge in [-0.15, -0.1) is 0 Å². The van der Waals surface area contributed by atoms with Crippen molar-refractivity contribution in [3.05, 3.63) is 0 Å². The number of hydrogen-bond donors (Lipinski definition) is 2. The van der Waals surface area contributed by atoms with Crippen LogP contribution in [0.3, 0.4) is 0 Å². The first-order valence-corrected chi connectivity index (χ1v) is 11.5. The molecule has 2 bridgehead atoms. The van der Waals surface area contributed by atoms with Gasteiger partial charge in [0.1, 0.15) is 0 Å². The van der Waals surface area contributed by atoms with Crippen molar-refractivity contribution in [3.63, 3.8) is 0 Å². The lowest BCUT2D eigenvalue weighted by Gasteiger charge is -2.45. The first-order valence-electron chi connectivity index (χ1n) is 8.94. The molecule has 2 fully saturated rings. The highest BCUT2D eigenvalue weighted by Crippen LogP contribution is 2.34. The molecule has 2 N–H and O–H groups in total. The summed E-state index contributed by atoms with van der Waals surface area (Å²) in [6.45, 7) is 9.67. The summed E-state index contributed by atoms with van der Waals surface area (Å²) in [5, 5.41) is 13.1. The van der Waals surface area contributed by atoms with Gasteiger partial charge in [-0.3, -0.25) is 4.90 Å². The molecule has 0 aliphatic carbocycles. The van der Waals surface area contributed by atoms with E-state index >= 15 is 0 Å². The lowest BCUT2D eigenvalue weighted by molar-refractivity contribution is 0.0436. The zero-order valence-corrected chi connectivity index (χ0v) is 15.5. The number of carbonyl (C=O) groups is 1. The van der Waals surface area contributed by atoms with E-state index in [-0.39, 0.29) is 24.2 Å². The highest BCUT2D eigenvalue weighted by atomic mass is 28.4. The molecule has 0 aromatic rings. The van der Waals surface area contributed by atoms with Crippen LogP contribution in [0, 0.1) is 0 Å². The summed E-state index contributed by atoms with van der Waals surface area (Å²) < 4.78 is 6.71. The molecule has 0 radical (unpaired) electrons. The molecule has 0 saturated carbocycles. The van der Waals surface area contributed by atoms with Crippen molar-refractivity contribution < 1.29 is 14.3 Å². The van der Waals surface area contributed by atoms with Gasteiger partial charge >= 0.3 is 6.09 Å². The minimum atomic E-state index is -1.67. The monoisotopic (exact) mass is 328 g/mol. The fraction of sp³-hybridized carbons (Fsp3) is 0.938. The summed E-state index contributed by atoms with van der Waals surface area (Å²) >= 11 is 0. The molecule has 1 unspecified atom stereocenters. The van der Waals surface area contributed by atoms with E-state index in [4.69, 9.17) is 4.43 Å². The van der Waals surface area contributed by atoms with Crippen molar-refractivity contribution in [3.8, 4) is 0 Å². The Hall–Kier alpha value is -0.593. The third kappa shape index (κ3) is 3.19. The van der Waals surface area contributed by atoms with Crippen LogP contribution >= 0.6 is 0 Å². The maximum Gasteiger partial charge on any atom is 0.407 e. The Morgan fingerprint density at radius 2 is 1.91 bits per heavy atom. The first-order chi connectivity index (χ1) is 10.5. The number of fused-ring (bicyclic) bond motifs is 2. The van der Waals surface area contributed by atoms with E-state index < -0.39 is 14.4 Å². The van der Waals surface area contributed by atoms with Crippen LogP contribution in [0.25, 0.3) is 0 Å². The predicted molar refractivity (Wildman–Crippen MR) is 90.8 cm³/mol. The molecule has 5 nitrogen and oxygen atoms in total. The van der Waals surface area contributed by atoms with Gasteiger partial charge in [-0.2, -0.15) is 0 Å². The molecule has 2 heterocycles. The Balaban J connectivity index is 2.15. The van der Waals surface area contributed by atoms with Gasteiger partial charge in [-0.25, -0.2) is 4.79 Å². The van der Waals surface area contributed by atoms with Crippen LogP contribution in [0.15, 0.2) is 0 Å². The van der Waals surface area contributed by atoms with Crippen molar-refractivity contribution in [1.29, 1.82) is 0 Å². The van der Waals surface area contributed by atoms with Gasteiger partial charge in [0.15, 0.2) is 8.32 Å². The van der Waals surface area contributed by atoms with Crippen molar-refractivity contribution in [1.82, 2.24) is 10.2 Å². The molecule has 0 aromatic heterocycles. The maximum absolute atomic E-state index is 11.6. The molecule has 2 rings (SSSR count). The fourth-order valence-electron chi connectivity index (χ4n) is 4.28. The van der Waals surface area contributed by atoms with Gasteiger partial charge in [0.05, 0.1) is 18.2 Å². The molecule has 4 atom stereocenters. The predicted octanol–water partition coefficient (Wildman–Crippen LogP) is 3.27. The Morgan fingerprint density at radius 1 is 1.27 bits per heavy atom. The molecule has 1 amide bonds. The minimum absolute atomic E-state index is 0.0819. The van der Waals surface area contributed by atoms with Gasteiger partial charge in [-0.1, -0.05) is 27.7 Å². The Kier molecular flexibility index (Phi) is 5.91. The zero-order valence-electron chi connectivity index (χ0n) is 14.5. The van der Waals surface area contributed by atoms with Crippen molar-refractivity contribution in [2.45, 2.75) is 89.3 Å². The normalized spacial score (nSPS) is 29.6. The van der Waals surface area contributed by atoms with E-state index in [0.717, 1.165) is 43.9 Å². The van der Waals surface area contributed by atoms with Crippen LogP contribution in [-0.2, 0) is 4.43 Å². The number of piperazine rings is 1. The highest BCUT2D eigenvalue weighted by Gasteiger charge is 2.48. The number of nitrogens with one attached hydrogen (secondary N) is 1. The lowest BCUT2D eigenvalue weighted by Crippen LogP contribution is -2.64. The van der Waals surface area contributed by atoms with Gasteiger partial charge in [0.2, 0.25) is 0 Å². The van der Waals surface area contributed by atoms with Gasteiger partial charge in [-0.05, 0) is 37.4 Å². The SMILES string of the molecule is CCC(O[Si](CC)(CC)CC)[C@H]1NC[C@H]2CC[C@@H]1N2C(=O)O. The first kappa shape index (κ1) is 17.8. The summed E-state index contributed by atoms with van der Waals surface area (Å²) in [5.74, 6) is 0. The topological polar surface area (TPSA) is 61.8 Å². The average Bonchev–Trinajstić information content (AvgIpc) is 2.85. The van der Waals surface area contributed by atoms with E-state index in [0.29, 0.717) is 0 Å². The maximum atomic E-state index is 11.6. The minimum Gasteiger partial charge on any atom is -0.465 e. The third-order valence-electron chi connectivity index (χ3n) is 5.91. The molecular weight excluding hydrogens is 296 g/mol. The van der Waals surface area contributed by atoms with Gasteiger partial charge in [0.25, 0.3) is 0 Å².